The number of nitrogens with zero attached hydrogens (tertiary/aromatic N) is 5. The molecule has 0 aromatic carbocycles. The van der Waals surface area contributed by atoms with Crippen molar-refractivity contribution < 1.29 is 4.92 Å². The van der Waals surface area contributed by atoms with E-state index in [2.05, 4.69) is 15.0 Å². The Morgan fingerprint density at radius 2 is 2.24 bits per heavy atom. The molecule has 0 aliphatic rings. The lowest BCUT2D eigenvalue weighted by Gasteiger charge is -2.02. The second-order valence-corrected chi connectivity index (χ2v) is 5.95. The molecular weight excluding hydrogens is 310 g/mol. The zero-order valence-electron chi connectivity index (χ0n) is 10.8. The first-order valence-electron chi connectivity index (χ1n) is 5.85. The van der Waals surface area contributed by atoms with E-state index in [1.54, 1.807) is 29.1 Å². The lowest BCUT2D eigenvalue weighted by Crippen LogP contribution is -1.95. The van der Waals surface area contributed by atoms with Crippen molar-refractivity contribution >= 4 is 28.9 Å². The normalized spacial score (nSPS) is 10.7. The minimum absolute atomic E-state index is 0.187. The van der Waals surface area contributed by atoms with E-state index in [4.69, 9.17) is 0 Å². The summed E-state index contributed by atoms with van der Waals surface area (Å²) in [7, 11) is 1.70. The third kappa shape index (κ3) is 2.78. The first-order chi connectivity index (χ1) is 10.1. The van der Waals surface area contributed by atoms with Crippen LogP contribution in [0.1, 0.15) is 0 Å². The van der Waals surface area contributed by atoms with Crippen LogP contribution in [0.5, 0.6) is 0 Å². The maximum atomic E-state index is 11.0. The van der Waals surface area contributed by atoms with Gasteiger partial charge in [-0.05, 0) is 39.2 Å². The number of hydrogen-bond acceptors (Lipinski definition) is 7. The first-order valence-corrected chi connectivity index (χ1v) is 7.55. The van der Waals surface area contributed by atoms with Gasteiger partial charge in [-0.2, -0.15) is 0 Å². The van der Waals surface area contributed by atoms with Gasteiger partial charge in [-0.1, -0.05) is 6.07 Å². The van der Waals surface area contributed by atoms with Gasteiger partial charge < -0.3 is 14.7 Å². The molecule has 0 aliphatic heterocycles. The van der Waals surface area contributed by atoms with E-state index in [1.807, 2.05) is 23.6 Å². The fourth-order valence-electron chi connectivity index (χ4n) is 1.69. The Morgan fingerprint density at radius 1 is 1.38 bits per heavy atom. The standard InChI is InChI=1S/C12H9N5O2S2/c1-16-7-14-10(17(18)19)11(16)21-12-13-5-4-8(15-12)9-3-2-6-20-9/h2-7H,1H3. The number of hydrogen-bond donors (Lipinski definition) is 0. The zero-order valence-corrected chi connectivity index (χ0v) is 12.5. The Kier molecular flexibility index (Phi) is 3.67. The van der Waals surface area contributed by atoms with Gasteiger partial charge in [0, 0.05) is 13.2 Å². The summed E-state index contributed by atoms with van der Waals surface area (Å²) in [6, 6.07) is 5.72. The molecule has 21 heavy (non-hydrogen) atoms. The smallest absolute Gasteiger partial charge is 0.358 e. The van der Waals surface area contributed by atoms with Crippen molar-refractivity contribution in [3.8, 4) is 10.6 Å². The van der Waals surface area contributed by atoms with Crippen LogP contribution in [0, 0.1) is 10.1 Å². The molecule has 0 fully saturated rings. The molecule has 0 atom stereocenters. The molecule has 7 nitrogen and oxygen atoms in total. The number of nitro groups is 1. The molecule has 0 unspecified atom stereocenters. The van der Waals surface area contributed by atoms with Gasteiger partial charge in [-0.25, -0.2) is 9.97 Å². The van der Waals surface area contributed by atoms with E-state index >= 15 is 0 Å². The summed E-state index contributed by atoms with van der Waals surface area (Å²) in [4.78, 5) is 23.8. The second-order valence-electron chi connectivity index (χ2n) is 4.05. The largest absolute Gasteiger partial charge is 0.396 e. The van der Waals surface area contributed by atoms with Crippen LogP contribution in [0.25, 0.3) is 10.6 Å². The van der Waals surface area contributed by atoms with Crippen LogP contribution in [0.4, 0.5) is 5.82 Å². The fraction of sp³-hybridized carbons (Fsp3) is 0.0833. The predicted octanol–water partition coefficient (Wildman–Crippen LogP) is 3.00. The highest BCUT2D eigenvalue weighted by Gasteiger charge is 2.22. The van der Waals surface area contributed by atoms with Crippen molar-refractivity contribution in [2.75, 3.05) is 0 Å². The van der Waals surface area contributed by atoms with E-state index in [0.717, 1.165) is 22.3 Å². The van der Waals surface area contributed by atoms with Gasteiger partial charge in [0.15, 0.2) is 10.2 Å². The third-order valence-corrected chi connectivity index (χ3v) is 4.57. The summed E-state index contributed by atoms with van der Waals surface area (Å²) in [6.07, 6.45) is 3.05. The Morgan fingerprint density at radius 3 is 2.95 bits per heavy atom. The average Bonchev–Trinajstić information content (AvgIpc) is 3.10. The fourth-order valence-corrected chi connectivity index (χ4v) is 3.22. The summed E-state index contributed by atoms with van der Waals surface area (Å²) in [6.45, 7) is 0. The summed E-state index contributed by atoms with van der Waals surface area (Å²) in [5.41, 5.74) is 0.798. The van der Waals surface area contributed by atoms with Crippen molar-refractivity contribution in [2.24, 2.45) is 7.05 Å². The Bertz CT molecular complexity index is 785. The van der Waals surface area contributed by atoms with Crippen LogP contribution in [0.3, 0.4) is 0 Å². The van der Waals surface area contributed by atoms with Gasteiger partial charge in [-0.3, -0.25) is 0 Å². The molecule has 0 saturated carbocycles. The zero-order chi connectivity index (χ0) is 14.8. The molecule has 3 aromatic heterocycles. The minimum atomic E-state index is -0.508. The molecule has 0 bridgehead atoms. The second kappa shape index (κ2) is 5.62. The van der Waals surface area contributed by atoms with Crippen LogP contribution in [0.2, 0.25) is 0 Å². The molecule has 106 valence electrons. The molecule has 3 aromatic rings. The summed E-state index contributed by atoms with van der Waals surface area (Å²) in [5.74, 6) is -0.187. The number of aryl methyl sites for hydroxylation is 1. The summed E-state index contributed by atoms with van der Waals surface area (Å²) < 4.78 is 1.59. The van der Waals surface area contributed by atoms with Crippen LogP contribution >= 0.6 is 23.1 Å². The molecule has 3 heterocycles. The topological polar surface area (TPSA) is 86.7 Å². The highest BCUT2D eigenvalue weighted by Crippen LogP contribution is 2.32. The lowest BCUT2D eigenvalue weighted by atomic mass is 10.3. The Labute approximate surface area is 127 Å². The van der Waals surface area contributed by atoms with Gasteiger partial charge in [0.05, 0.1) is 10.6 Å². The number of imidazole rings is 1. The monoisotopic (exact) mass is 319 g/mol. The Hall–Kier alpha value is -2.26. The SMILES string of the molecule is Cn1cnc([N+](=O)[O-])c1Sc1nccc(-c2cccs2)n1. The van der Waals surface area contributed by atoms with Gasteiger partial charge in [0.25, 0.3) is 0 Å². The van der Waals surface area contributed by atoms with Gasteiger partial charge >= 0.3 is 5.82 Å². The predicted molar refractivity (Wildman–Crippen MR) is 79.3 cm³/mol. The summed E-state index contributed by atoms with van der Waals surface area (Å²) in [5, 5.41) is 13.8. The first kappa shape index (κ1) is 13.7. The van der Waals surface area contributed by atoms with Crippen molar-refractivity contribution in [3.05, 3.63) is 46.2 Å². The Balaban J connectivity index is 1.94. The van der Waals surface area contributed by atoms with E-state index in [1.165, 1.54) is 6.33 Å². The molecule has 0 aliphatic carbocycles. The molecule has 0 amide bonds. The van der Waals surface area contributed by atoms with Gasteiger partial charge in [-0.15, -0.1) is 11.3 Å². The van der Waals surface area contributed by atoms with Crippen LogP contribution in [-0.4, -0.2) is 24.4 Å². The maximum Gasteiger partial charge on any atom is 0.396 e. The van der Waals surface area contributed by atoms with E-state index in [9.17, 15) is 10.1 Å². The lowest BCUT2D eigenvalue weighted by molar-refractivity contribution is -0.392. The van der Waals surface area contributed by atoms with Crippen molar-refractivity contribution in [3.63, 3.8) is 0 Å². The van der Waals surface area contributed by atoms with Crippen LogP contribution in [-0.2, 0) is 7.05 Å². The number of aromatic nitrogens is 4. The van der Waals surface area contributed by atoms with Crippen molar-refractivity contribution in [1.82, 2.24) is 19.5 Å². The highest BCUT2D eigenvalue weighted by atomic mass is 32.2. The van der Waals surface area contributed by atoms with E-state index < -0.39 is 4.92 Å². The number of rotatable bonds is 4. The maximum absolute atomic E-state index is 11.0. The van der Waals surface area contributed by atoms with Crippen LogP contribution in [0.15, 0.2) is 46.3 Å². The van der Waals surface area contributed by atoms with E-state index in [-0.39, 0.29) is 5.82 Å². The average molecular weight is 319 g/mol. The number of thiophene rings is 1. The minimum Gasteiger partial charge on any atom is -0.358 e. The molecule has 0 radical (unpaired) electrons. The summed E-state index contributed by atoms with van der Waals surface area (Å²) >= 11 is 2.71. The van der Waals surface area contributed by atoms with Crippen LogP contribution < -0.4 is 0 Å². The van der Waals surface area contributed by atoms with Gasteiger partial charge in [0.1, 0.15) is 0 Å². The van der Waals surface area contributed by atoms with Crippen molar-refractivity contribution in [2.45, 2.75) is 10.2 Å². The van der Waals surface area contributed by atoms with E-state index in [0.29, 0.717) is 10.2 Å². The van der Waals surface area contributed by atoms with Crippen molar-refractivity contribution in [1.29, 1.82) is 0 Å². The molecule has 9 heteroatoms. The quantitative estimate of drug-likeness (QED) is 0.417. The highest BCUT2D eigenvalue weighted by molar-refractivity contribution is 7.99. The molecular formula is C12H9N5O2S2. The molecule has 0 saturated heterocycles. The third-order valence-electron chi connectivity index (χ3n) is 2.63. The van der Waals surface area contributed by atoms with Gasteiger partial charge in [0.2, 0.25) is 6.33 Å². The molecule has 0 N–H and O–H groups in total. The molecule has 3 rings (SSSR count). The molecule has 0 spiro atoms.